The molecule has 0 fully saturated rings. The summed E-state index contributed by atoms with van der Waals surface area (Å²) >= 11 is 14.2. The van der Waals surface area contributed by atoms with Crippen LogP contribution in [0.1, 0.15) is 30.1 Å². The van der Waals surface area contributed by atoms with Crippen LogP contribution < -0.4 is 0 Å². The molecule has 110 valence electrons. The van der Waals surface area contributed by atoms with E-state index in [9.17, 15) is 0 Å². The number of fused-ring (bicyclic) bond motifs is 1. The molecule has 2 nitrogen and oxygen atoms in total. The highest BCUT2D eigenvalue weighted by molar-refractivity contribution is 7.10. The van der Waals surface area contributed by atoms with Gasteiger partial charge in [-0.3, -0.25) is 0 Å². The van der Waals surface area contributed by atoms with Gasteiger partial charge in [-0.15, -0.1) is 22.9 Å². The van der Waals surface area contributed by atoms with Crippen molar-refractivity contribution in [2.24, 2.45) is 0 Å². The third kappa shape index (κ3) is 2.70. The Bertz CT molecular complexity index is 734. The summed E-state index contributed by atoms with van der Waals surface area (Å²) in [5.41, 5.74) is 1.96. The fourth-order valence-corrected chi connectivity index (χ4v) is 4.07. The first-order chi connectivity index (χ1) is 10.3. The van der Waals surface area contributed by atoms with Crippen molar-refractivity contribution in [2.45, 2.75) is 25.8 Å². The molecule has 0 radical (unpaired) electrons. The highest BCUT2D eigenvalue weighted by Gasteiger charge is 2.21. The molecule has 0 bridgehead atoms. The standard InChI is InChI=1S/C16H16Cl2N2S/c1-2-13(14-7-4-10-21-14)20-15(8-9-17)19-12-6-3-5-11(18)16(12)20/h3-7,10,13H,2,8-9H2,1H3. The number of hydrogen-bond donors (Lipinski definition) is 0. The summed E-state index contributed by atoms with van der Waals surface area (Å²) in [6.45, 7) is 2.19. The van der Waals surface area contributed by atoms with Gasteiger partial charge < -0.3 is 4.57 Å². The lowest BCUT2D eigenvalue weighted by atomic mass is 10.1. The maximum atomic E-state index is 6.45. The van der Waals surface area contributed by atoms with Gasteiger partial charge in [-0.1, -0.05) is 30.7 Å². The molecule has 2 heterocycles. The molecule has 21 heavy (non-hydrogen) atoms. The number of alkyl halides is 1. The summed E-state index contributed by atoms with van der Waals surface area (Å²) in [5.74, 6) is 1.57. The van der Waals surface area contributed by atoms with Crippen LogP contribution in [0.5, 0.6) is 0 Å². The SMILES string of the molecule is CCC(c1cccs1)n1c(CCCl)nc2cccc(Cl)c21. The van der Waals surface area contributed by atoms with E-state index in [0.29, 0.717) is 5.88 Å². The number of aromatic nitrogens is 2. The normalized spacial score (nSPS) is 12.9. The van der Waals surface area contributed by atoms with Gasteiger partial charge in [-0.2, -0.15) is 0 Å². The lowest BCUT2D eigenvalue weighted by molar-refractivity contribution is 0.567. The van der Waals surface area contributed by atoms with Crippen LogP contribution in [0.3, 0.4) is 0 Å². The Kier molecular flexibility index (Phi) is 4.53. The molecule has 0 saturated heterocycles. The number of thiophene rings is 1. The van der Waals surface area contributed by atoms with Crippen molar-refractivity contribution in [3.05, 3.63) is 51.4 Å². The van der Waals surface area contributed by atoms with Crippen LogP contribution >= 0.6 is 34.5 Å². The van der Waals surface area contributed by atoms with E-state index < -0.39 is 0 Å². The van der Waals surface area contributed by atoms with Gasteiger partial charge in [-0.05, 0) is 30.0 Å². The number of benzene rings is 1. The molecule has 0 saturated carbocycles. The molecule has 0 aliphatic heterocycles. The second-order valence-corrected chi connectivity index (χ2v) is 6.65. The number of halogens is 2. The lowest BCUT2D eigenvalue weighted by Crippen LogP contribution is -2.12. The monoisotopic (exact) mass is 338 g/mol. The van der Waals surface area contributed by atoms with Crippen LogP contribution in [0.15, 0.2) is 35.7 Å². The molecule has 3 aromatic rings. The van der Waals surface area contributed by atoms with Crippen molar-refractivity contribution in [3.63, 3.8) is 0 Å². The van der Waals surface area contributed by atoms with Gasteiger partial charge in [0.25, 0.3) is 0 Å². The van der Waals surface area contributed by atoms with Crippen LogP contribution in [-0.4, -0.2) is 15.4 Å². The fourth-order valence-electron chi connectivity index (χ4n) is 2.74. The second-order valence-electron chi connectivity index (χ2n) is 4.88. The largest absolute Gasteiger partial charge is 0.318 e. The van der Waals surface area contributed by atoms with E-state index in [-0.39, 0.29) is 6.04 Å². The molecule has 2 aromatic heterocycles. The van der Waals surface area contributed by atoms with Gasteiger partial charge in [0.1, 0.15) is 5.82 Å². The van der Waals surface area contributed by atoms with E-state index in [1.54, 1.807) is 11.3 Å². The Balaban J connectivity index is 2.25. The van der Waals surface area contributed by atoms with Gasteiger partial charge >= 0.3 is 0 Å². The number of imidazole rings is 1. The first-order valence-corrected chi connectivity index (χ1v) is 8.80. The lowest BCUT2D eigenvalue weighted by Gasteiger charge is -2.19. The zero-order valence-electron chi connectivity index (χ0n) is 11.7. The van der Waals surface area contributed by atoms with E-state index in [1.165, 1.54) is 4.88 Å². The van der Waals surface area contributed by atoms with E-state index in [0.717, 1.165) is 34.7 Å². The Labute approximate surface area is 138 Å². The van der Waals surface area contributed by atoms with Crippen LogP contribution in [0.2, 0.25) is 5.02 Å². The second kappa shape index (κ2) is 6.39. The van der Waals surface area contributed by atoms with Crippen molar-refractivity contribution in [1.29, 1.82) is 0 Å². The molecular formula is C16H16Cl2N2S. The first kappa shape index (κ1) is 14.9. The van der Waals surface area contributed by atoms with Crippen LogP contribution in [0.25, 0.3) is 11.0 Å². The number of para-hydroxylation sites is 1. The topological polar surface area (TPSA) is 17.8 Å². The highest BCUT2D eigenvalue weighted by atomic mass is 35.5. The molecular weight excluding hydrogens is 323 g/mol. The van der Waals surface area contributed by atoms with Crippen LogP contribution in [0.4, 0.5) is 0 Å². The van der Waals surface area contributed by atoms with Gasteiger partial charge in [0.05, 0.1) is 22.1 Å². The Morgan fingerprint density at radius 3 is 2.81 bits per heavy atom. The van der Waals surface area contributed by atoms with Crippen molar-refractivity contribution >= 4 is 45.6 Å². The molecule has 0 amide bonds. The number of nitrogens with zero attached hydrogens (tertiary/aromatic N) is 2. The number of rotatable bonds is 5. The average Bonchev–Trinajstić information content (AvgIpc) is 3.10. The van der Waals surface area contributed by atoms with Gasteiger partial charge in [0.15, 0.2) is 0 Å². The third-order valence-electron chi connectivity index (χ3n) is 3.62. The quantitative estimate of drug-likeness (QED) is 0.559. The molecule has 0 aliphatic carbocycles. The van der Waals surface area contributed by atoms with E-state index in [4.69, 9.17) is 28.2 Å². The smallest absolute Gasteiger partial charge is 0.111 e. The van der Waals surface area contributed by atoms with Gasteiger partial charge in [0.2, 0.25) is 0 Å². The van der Waals surface area contributed by atoms with E-state index >= 15 is 0 Å². The van der Waals surface area contributed by atoms with Crippen LogP contribution in [-0.2, 0) is 6.42 Å². The van der Waals surface area contributed by atoms with E-state index in [1.807, 2.05) is 18.2 Å². The summed E-state index contributed by atoms with van der Waals surface area (Å²) in [6, 6.07) is 10.4. The minimum absolute atomic E-state index is 0.258. The molecule has 0 N–H and O–H groups in total. The average molecular weight is 339 g/mol. The molecule has 1 atom stereocenters. The van der Waals surface area contributed by atoms with Gasteiger partial charge in [-0.25, -0.2) is 4.98 Å². The van der Waals surface area contributed by atoms with Crippen molar-refractivity contribution < 1.29 is 0 Å². The number of aryl methyl sites for hydroxylation is 1. The Morgan fingerprint density at radius 2 is 2.14 bits per heavy atom. The Morgan fingerprint density at radius 1 is 1.29 bits per heavy atom. The third-order valence-corrected chi connectivity index (χ3v) is 5.09. The molecule has 3 rings (SSSR count). The van der Waals surface area contributed by atoms with Crippen molar-refractivity contribution in [2.75, 3.05) is 5.88 Å². The molecule has 5 heteroatoms. The van der Waals surface area contributed by atoms with Crippen LogP contribution in [0, 0.1) is 0 Å². The predicted molar refractivity (Wildman–Crippen MR) is 91.9 cm³/mol. The maximum absolute atomic E-state index is 6.45. The summed E-state index contributed by atoms with van der Waals surface area (Å²) in [7, 11) is 0. The molecule has 0 spiro atoms. The van der Waals surface area contributed by atoms with Crippen molar-refractivity contribution in [1.82, 2.24) is 9.55 Å². The van der Waals surface area contributed by atoms with E-state index in [2.05, 4.69) is 29.0 Å². The summed E-state index contributed by atoms with van der Waals surface area (Å²) in [6.07, 6.45) is 1.74. The maximum Gasteiger partial charge on any atom is 0.111 e. The summed E-state index contributed by atoms with van der Waals surface area (Å²) in [4.78, 5) is 6.07. The van der Waals surface area contributed by atoms with Crippen molar-refractivity contribution in [3.8, 4) is 0 Å². The zero-order valence-corrected chi connectivity index (χ0v) is 14.0. The molecule has 1 aromatic carbocycles. The number of hydrogen-bond acceptors (Lipinski definition) is 2. The molecule has 1 unspecified atom stereocenters. The minimum atomic E-state index is 0.258. The first-order valence-electron chi connectivity index (χ1n) is 7.01. The summed E-state index contributed by atoms with van der Waals surface area (Å²) in [5, 5.41) is 2.86. The minimum Gasteiger partial charge on any atom is -0.318 e. The van der Waals surface area contributed by atoms with Gasteiger partial charge in [0, 0.05) is 17.2 Å². The zero-order chi connectivity index (χ0) is 14.8. The summed E-state index contributed by atoms with van der Waals surface area (Å²) < 4.78 is 2.27. The predicted octanol–water partition coefficient (Wildman–Crippen LogP) is 5.53. The fraction of sp³-hybridized carbons (Fsp3) is 0.312. The Hall–Kier alpha value is -1.03. The highest BCUT2D eigenvalue weighted by Crippen LogP contribution is 2.34. The molecule has 0 aliphatic rings.